The van der Waals surface area contributed by atoms with Crippen LogP contribution in [0.4, 0.5) is 0 Å². The summed E-state index contributed by atoms with van der Waals surface area (Å²) in [5.41, 5.74) is 2.57. The van der Waals surface area contributed by atoms with Crippen LogP contribution in [0.2, 0.25) is 0 Å². The monoisotopic (exact) mass is 256 g/mol. The van der Waals surface area contributed by atoms with Crippen molar-refractivity contribution in [3.05, 3.63) is 35.9 Å². The van der Waals surface area contributed by atoms with Crippen LogP contribution >= 0.6 is 0 Å². The Hall–Kier alpha value is -1.35. The molecular weight excluding hydrogens is 236 g/mol. The summed E-state index contributed by atoms with van der Waals surface area (Å²) in [5.74, 6) is 0.717. The van der Waals surface area contributed by atoms with Crippen LogP contribution in [0.3, 0.4) is 0 Å². The van der Waals surface area contributed by atoms with E-state index in [9.17, 15) is 0 Å². The molecular formula is C16H20N2O. The Balaban J connectivity index is 1.48. The van der Waals surface area contributed by atoms with Gasteiger partial charge in [0.2, 0.25) is 0 Å². The Labute approximate surface area is 114 Å². The van der Waals surface area contributed by atoms with E-state index >= 15 is 0 Å². The average molecular weight is 256 g/mol. The van der Waals surface area contributed by atoms with Crippen LogP contribution < -0.4 is 0 Å². The fourth-order valence-corrected chi connectivity index (χ4v) is 3.92. The van der Waals surface area contributed by atoms with Crippen molar-refractivity contribution in [3.8, 4) is 0 Å². The van der Waals surface area contributed by atoms with Gasteiger partial charge in [-0.1, -0.05) is 35.5 Å². The highest BCUT2D eigenvalue weighted by Gasteiger charge is 2.52. The van der Waals surface area contributed by atoms with Gasteiger partial charge in [-0.3, -0.25) is 4.90 Å². The highest BCUT2D eigenvalue weighted by molar-refractivity contribution is 5.88. The second-order valence-corrected chi connectivity index (χ2v) is 6.20. The minimum Gasteiger partial charge on any atom is -0.387 e. The lowest BCUT2D eigenvalue weighted by molar-refractivity contribution is -0.136. The van der Waals surface area contributed by atoms with Gasteiger partial charge in [-0.15, -0.1) is 0 Å². The van der Waals surface area contributed by atoms with Gasteiger partial charge in [0.25, 0.3) is 0 Å². The van der Waals surface area contributed by atoms with Gasteiger partial charge in [0.1, 0.15) is 0 Å². The number of hydrogen-bond acceptors (Lipinski definition) is 3. The molecule has 0 N–H and O–H groups in total. The molecule has 1 atom stereocenters. The van der Waals surface area contributed by atoms with E-state index in [0.29, 0.717) is 0 Å². The molecule has 19 heavy (non-hydrogen) atoms. The van der Waals surface area contributed by atoms with Crippen molar-refractivity contribution < 1.29 is 4.84 Å². The smallest absolute Gasteiger partial charge is 0.158 e. The number of nitrogens with zero attached hydrogens (tertiary/aromatic N) is 2. The van der Waals surface area contributed by atoms with E-state index in [-0.39, 0.29) is 5.60 Å². The second-order valence-electron chi connectivity index (χ2n) is 6.20. The van der Waals surface area contributed by atoms with Crippen LogP contribution in [-0.2, 0) is 11.3 Å². The first kappa shape index (κ1) is 11.5. The van der Waals surface area contributed by atoms with E-state index in [1.807, 2.05) is 0 Å². The highest BCUT2D eigenvalue weighted by atomic mass is 16.7. The van der Waals surface area contributed by atoms with Crippen molar-refractivity contribution in [3.63, 3.8) is 0 Å². The molecule has 0 aromatic heterocycles. The van der Waals surface area contributed by atoms with Crippen molar-refractivity contribution in [2.24, 2.45) is 11.1 Å². The molecule has 0 radical (unpaired) electrons. The number of hydrogen-bond donors (Lipinski definition) is 0. The normalized spacial score (nSPS) is 36.3. The second kappa shape index (κ2) is 4.34. The zero-order valence-electron chi connectivity index (χ0n) is 11.2. The third-order valence-corrected chi connectivity index (χ3v) is 4.93. The Morgan fingerprint density at radius 1 is 1.21 bits per heavy atom. The summed E-state index contributed by atoms with van der Waals surface area (Å²) in [6, 6.07) is 10.6. The van der Waals surface area contributed by atoms with E-state index < -0.39 is 0 Å². The van der Waals surface area contributed by atoms with Crippen molar-refractivity contribution in [2.75, 3.05) is 19.6 Å². The maximum Gasteiger partial charge on any atom is 0.158 e. The molecule has 2 bridgehead atoms. The average Bonchev–Trinajstić information content (AvgIpc) is 2.84. The van der Waals surface area contributed by atoms with Gasteiger partial charge in [0.05, 0.1) is 5.71 Å². The van der Waals surface area contributed by atoms with E-state index in [1.54, 1.807) is 0 Å². The van der Waals surface area contributed by atoms with Gasteiger partial charge in [-0.2, -0.15) is 0 Å². The van der Waals surface area contributed by atoms with Crippen molar-refractivity contribution in [1.82, 2.24) is 4.90 Å². The summed E-state index contributed by atoms with van der Waals surface area (Å²) >= 11 is 0. The van der Waals surface area contributed by atoms with Crippen LogP contribution in [0, 0.1) is 5.92 Å². The fourth-order valence-electron chi connectivity index (χ4n) is 3.92. The van der Waals surface area contributed by atoms with E-state index in [4.69, 9.17) is 4.84 Å². The molecule has 1 aromatic rings. The molecule has 0 saturated carbocycles. The summed E-state index contributed by atoms with van der Waals surface area (Å²) in [6.45, 7) is 3.59. The van der Waals surface area contributed by atoms with Crippen molar-refractivity contribution in [1.29, 1.82) is 0 Å². The first-order chi connectivity index (χ1) is 9.34. The molecule has 4 heterocycles. The van der Waals surface area contributed by atoms with Gasteiger partial charge in [-0.05, 0) is 31.5 Å². The van der Waals surface area contributed by atoms with Crippen molar-refractivity contribution in [2.45, 2.75) is 31.3 Å². The summed E-state index contributed by atoms with van der Waals surface area (Å²) in [6.07, 6.45) is 4.54. The third-order valence-electron chi connectivity index (χ3n) is 4.93. The first-order valence-corrected chi connectivity index (χ1v) is 7.34. The van der Waals surface area contributed by atoms with E-state index in [2.05, 4.69) is 40.4 Å². The molecule has 5 rings (SSSR count). The van der Waals surface area contributed by atoms with Gasteiger partial charge < -0.3 is 4.84 Å². The van der Waals surface area contributed by atoms with E-state index in [1.165, 1.54) is 37.2 Å². The SMILES string of the molecule is c1ccc(CC2=NOC3(C2)CN2CCC3CC2)cc1. The van der Waals surface area contributed by atoms with Gasteiger partial charge >= 0.3 is 0 Å². The third kappa shape index (κ3) is 1.96. The first-order valence-electron chi connectivity index (χ1n) is 7.34. The lowest BCUT2D eigenvalue weighted by Gasteiger charge is -2.49. The predicted octanol–water partition coefficient (Wildman–Crippen LogP) is 2.47. The molecule has 3 nitrogen and oxygen atoms in total. The van der Waals surface area contributed by atoms with Crippen LogP contribution in [-0.4, -0.2) is 35.8 Å². The van der Waals surface area contributed by atoms with Gasteiger partial charge in [0, 0.05) is 25.3 Å². The predicted molar refractivity (Wildman–Crippen MR) is 75.2 cm³/mol. The lowest BCUT2D eigenvalue weighted by Crippen LogP contribution is -2.59. The Bertz CT molecular complexity index is 491. The Morgan fingerprint density at radius 2 is 2.00 bits per heavy atom. The molecule has 3 saturated heterocycles. The lowest BCUT2D eigenvalue weighted by atomic mass is 9.73. The molecule has 1 aromatic carbocycles. The molecule has 1 spiro atoms. The van der Waals surface area contributed by atoms with Crippen LogP contribution in [0.25, 0.3) is 0 Å². The Kier molecular flexibility index (Phi) is 2.62. The highest BCUT2D eigenvalue weighted by Crippen LogP contribution is 2.43. The van der Waals surface area contributed by atoms with Crippen LogP contribution in [0.5, 0.6) is 0 Å². The molecule has 0 aliphatic carbocycles. The molecule has 1 unspecified atom stereocenters. The number of piperidine rings is 3. The van der Waals surface area contributed by atoms with E-state index in [0.717, 1.165) is 25.3 Å². The van der Waals surface area contributed by atoms with Gasteiger partial charge in [-0.25, -0.2) is 0 Å². The zero-order valence-corrected chi connectivity index (χ0v) is 11.2. The zero-order chi connectivity index (χ0) is 12.7. The summed E-state index contributed by atoms with van der Waals surface area (Å²) < 4.78 is 0. The number of fused-ring (bicyclic) bond motifs is 2. The molecule has 4 aliphatic rings. The van der Waals surface area contributed by atoms with Crippen LogP contribution in [0.15, 0.2) is 35.5 Å². The topological polar surface area (TPSA) is 24.8 Å². The number of rotatable bonds is 2. The number of benzene rings is 1. The number of oxime groups is 1. The molecule has 3 heteroatoms. The molecule has 100 valence electrons. The largest absolute Gasteiger partial charge is 0.387 e. The summed E-state index contributed by atoms with van der Waals surface area (Å²) in [4.78, 5) is 8.49. The summed E-state index contributed by atoms with van der Waals surface area (Å²) in [7, 11) is 0. The van der Waals surface area contributed by atoms with Crippen molar-refractivity contribution >= 4 is 5.71 Å². The molecule has 3 fully saturated rings. The van der Waals surface area contributed by atoms with Gasteiger partial charge in [0.15, 0.2) is 5.60 Å². The fraction of sp³-hybridized carbons (Fsp3) is 0.562. The standard InChI is InChI=1S/C16H20N2O/c1-2-4-13(5-3-1)10-15-11-16(19-17-15)12-18-8-6-14(16)7-9-18/h1-5,14H,6-12H2. The van der Waals surface area contributed by atoms with Crippen LogP contribution in [0.1, 0.15) is 24.8 Å². The minimum absolute atomic E-state index is 0.0145. The molecule has 4 aliphatic heterocycles. The summed E-state index contributed by atoms with van der Waals surface area (Å²) in [5, 5.41) is 4.42. The maximum atomic E-state index is 5.95. The minimum atomic E-state index is 0.0145. The quantitative estimate of drug-likeness (QED) is 0.812. The maximum absolute atomic E-state index is 5.95. The Morgan fingerprint density at radius 3 is 2.68 bits per heavy atom. The molecule has 0 amide bonds.